The van der Waals surface area contributed by atoms with Gasteiger partial charge in [-0.2, -0.15) is 0 Å². The molecule has 6 rings (SSSR count). The van der Waals surface area contributed by atoms with E-state index in [0.717, 1.165) is 54.7 Å². The quantitative estimate of drug-likeness (QED) is 0.428. The maximum absolute atomic E-state index is 13.5. The van der Waals surface area contributed by atoms with Crippen LogP contribution >= 0.6 is 22.9 Å². The van der Waals surface area contributed by atoms with Crippen LogP contribution in [0.25, 0.3) is 15.9 Å². The van der Waals surface area contributed by atoms with Gasteiger partial charge in [0.05, 0.1) is 10.9 Å². The van der Waals surface area contributed by atoms with Crippen molar-refractivity contribution < 1.29 is 4.79 Å². The first-order valence-corrected chi connectivity index (χ1v) is 12.5. The van der Waals surface area contributed by atoms with Crippen LogP contribution in [0, 0.1) is 0 Å². The van der Waals surface area contributed by atoms with Gasteiger partial charge in [-0.3, -0.25) is 14.0 Å². The third kappa shape index (κ3) is 3.50. The van der Waals surface area contributed by atoms with E-state index in [2.05, 4.69) is 4.90 Å². The fourth-order valence-corrected chi connectivity index (χ4v) is 6.46. The minimum absolute atomic E-state index is 0.0603. The fraction of sp³-hybridized carbons (Fsp3) is 0.320. The average molecular weight is 479 g/mol. The normalized spacial score (nSPS) is 16.4. The molecule has 0 atom stereocenters. The Balaban J connectivity index is 1.33. The zero-order chi connectivity index (χ0) is 22.5. The number of thiophene rings is 1. The van der Waals surface area contributed by atoms with Crippen LogP contribution in [-0.2, 0) is 12.8 Å². The smallest absolute Gasteiger partial charge is 0.266 e. The summed E-state index contributed by atoms with van der Waals surface area (Å²) in [6.07, 6.45) is 5.95. The van der Waals surface area contributed by atoms with E-state index in [4.69, 9.17) is 16.6 Å². The number of carbonyl (C=O) groups is 1. The number of anilines is 1. The van der Waals surface area contributed by atoms with E-state index in [1.165, 1.54) is 10.4 Å². The Morgan fingerprint density at radius 1 is 1.03 bits per heavy atom. The first kappa shape index (κ1) is 20.7. The Morgan fingerprint density at radius 2 is 1.85 bits per heavy atom. The standard InChI is InChI=1S/C25H23ClN4O2S/c26-16-5-3-6-17(15-16)28-11-13-29(14-12-28)24(31)19-8-4-10-30-22(19)27-23-21(25(30)32)18-7-1-2-9-20(18)33-23/h3-6,8,10,15H,1-2,7,9,11-14H2. The number of carbonyl (C=O) groups excluding carboxylic acids is 1. The van der Waals surface area contributed by atoms with Crippen molar-refractivity contribution in [1.82, 2.24) is 14.3 Å². The van der Waals surface area contributed by atoms with Crippen LogP contribution in [-0.4, -0.2) is 46.4 Å². The number of aromatic nitrogens is 2. The van der Waals surface area contributed by atoms with E-state index in [-0.39, 0.29) is 11.5 Å². The highest BCUT2D eigenvalue weighted by Crippen LogP contribution is 2.34. The SMILES string of the molecule is O=C(c1cccn2c(=O)c3c4c(sc3nc12)CCCC4)N1CCN(c2cccc(Cl)c2)CC1. The molecular weight excluding hydrogens is 456 g/mol. The molecule has 6 nitrogen and oxygen atoms in total. The van der Waals surface area contributed by atoms with Gasteiger partial charge in [0.25, 0.3) is 11.5 Å². The molecule has 1 aromatic carbocycles. The molecule has 2 aliphatic rings. The number of benzene rings is 1. The molecule has 0 bridgehead atoms. The Labute approximate surface area is 200 Å². The summed E-state index contributed by atoms with van der Waals surface area (Å²) in [6.45, 7) is 2.66. The zero-order valence-corrected chi connectivity index (χ0v) is 19.7. The lowest BCUT2D eigenvalue weighted by molar-refractivity contribution is 0.0748. The van der Waals surface area contributed by atoms with Gasteiger partial charge in [0.1, 0.15) is 4.83 Å². The third-order valence-electron chi connectivity index (χ3n) is 6.73. The number of piperazine rings is 1. The van der Waals surface area contributed by atoms with Crippen LogP contribution in [0.3, 0.4) is 0 Å². The molecule has 0 radical (unpaired) electrons. The lowest BCUT2D eigenvalue weighted by atomic mass is 9.97. The molecule has 4 aromatic rings. The zero-order valence-electron chi connectivity index (χ0n) is 18.1. The van der Waals surface area contributed by atoms with E-state index in [1.54, 1.807) is 34.1 Å². The fourth-order valence-electron chi connectivity index (χ4n) is 5.02. The van der Waals surface area contributed by atoms with Crippen LogP contribution in [0.1, 0.15) is 33.6 Å². The largest absolute Gasteiger partial charge is 0.368 e. The molecule has 8 heteroatoms. The molecule has 168 valence electrons. The summed E-state index contributed by atoms with van der Waals surface area (Å²) in [5.74, 6) is -0.0774. The minimum Gasteiger partial charge on any atom is -0.368 e. The molecule has 1 saturated heterocycles. The van der Waals surface area contributed by atoms with Crippen molar-refractivity contribution in [3.63, 3.8) is 0 Å². The predicted molar refractivity (Wildman–Crippen MR) is 133 cm³/mol. The van der Waals surface area contributed by atoms with E-state index >= 15 is 0 Å². The lowest BCUT2D eigenvalue weighted by Crippen LogP contribution is -2.49. The van der Waals surface area contributed by atoms with Crippen molar-refractivity contribution in [1.29, 1.82) is 0 Å². The molecule has 33 heavy (non-hydrogen) atoms. The predicted octanol–water partition coefficient (Wildman–Crippen LogP) is 4.40. The van der Waals surface area contributed by atoms with Crippen molar-refractivity contribution >= 4 is 50.4 Å². The number of hydrogen-bond acceptors (Lipinski definition) is 5. The van der Waals surface area contributed by atoms with Gasteiger partial charge in [0.15, 0.2) is 5.65 Å². The first-order chi connectivity index (χ1) is 16.1. The highest BCUT2D eigenvalue weighted by molar-refractivity contribution is 7.18. The van der Waals surface area contributed by atoms with E-state index in [1.807, 2.05) is 29.2 Å². The maximum atomic E-state index is 13.5. The molecule has 0 spiro atoms. The molecule has 4 heterocycles. The number of rotatable bonds is 2. The molecule has 1 amide bonds. The number of amides is 1. The molecule has 0 N–H and O–H groups in total. The molecule has 3 aromatic heterocycles. The Morgan fingerprint density at radius 3 is 2.67 bits per heavy atom. The van der Waals surface area contributed by atoms with Crippen LogP contribution in [0.5, 0.6) is 0 Å². The van der Waals surface area contributed by atoms with Crippen LogP contribution in [0.2, 0.25) is 5.02 Å². The van der Waals surface area contributed by atoms with Crippen molar-refractivity contribution in [2.45, 2.75) is 25.7 Å². The van der Waals surface area contributed by atoms with Crippen LogP contribution in [0.15, 0.2) is 47.4 Å². The summed E-state index contributed by atoms with van der Waals surface area (Å²) >= 11 is 7.76. The summed E-state index contributed by atoms with van der Waals surface area (Å²) in [7, 11) is 0. The van der Waals surface area contributed by atoms with Gasteiger partial charge < -0.3 is 9.80 Å². The topological polar surface area (TPSA) is 57.9 Å². The van der Waals surface area contributed by atoms with E-state index in [9.17, 15) is 9.59 Å². The summed E-state index contributed by atoms with van der Waals surface area (Å²) < 4.78 is 1.55. The van der Waals surface area contributed by atoms with Crippen molar-refractivity contribution in [3.8, 4) is 0 Å². The van der Waals surface area contributed by atoms with Gasteiger partial charge >= 0.3 is 0 Å². The lowest BCUT2D eigenvalue weighted by Gasteiger charge is -2.36. The van der Waals surface area contributed by atoms with Crippen molar-refractivity contribution in [2.75, 3.05) is 31.1 Å². The van der Waals surface area contributed by atoms with E-state index in [0.29, 0.717) is 29.3 Å². The maximum Gasteiger partial charge on any atom is 0.266 e. The molecule has 1 aliphatic carbocycles. The van der Waals surface area contributed by atoms with Crippen molar-refractivity contribution in [2.24, 2.45) is 0 Å². The number of aryl methyl sites for hydroxylation is 2. The number of hydrogen-bond donors (Lipinski definition) is 0. The second kappa shape index (κ2) is 8.15. The van der Waals surface area contributed by atoms with Gasteiger partial charge in [-0.15, -0.1) is 11.3 Å². The van der Waals surface area contributed by atoms with Gasteiger partial charge in [-0.1, -0.05) is 17.7 Å². The minimum atomic E-state index is -0.0774. The average Bonchev–Trinajstić information content (AvgIpc) is 3.22. The van der Waals surface area contributed by atoms with Crippen molar-refractivity contribution in [3.05, 3.63) is 74.0 Å². The molecule has 1 fully saturated rings. The summed E-state index contributed by atoms with van der Waals surface area (Å²) in [6, 6.07) is 11.4. The number of pyridine rings is 1. The van der Waals surface area contributed by atoms with E-state index < -0.39 is 0 Å². The van der Waals surface area contributed by atoms with Gasteiger partial charge in [-0.25, -0.2) is 4.98 Å². The third-order valence-corrected chi connectivity index (χ3v) is 8.15. The highest BCUT2D eigenvalue weighted by Gasteiger charge is 2.26. The summed E-state index contributed by atoms with van der Waals surface area (Å²) in [5.41, 5.74) is 3.11. The molecule has 0 unspecified atom stereocenters. The molecule has 0 saturated carbocycles. The van der Waals surface area contributed by atoms with Gasteiger partial charge in [-0.05, 0) is 61.6 Å². The highest BCUT2D eigenvalue weighted by atomic mass is 35.5. The van der Waals surface area contributed by atoms with Gasteiger partial charge in [0, 0.05) is 48.0 Å². The summed E-state index contributed by atoms with van der Waals surface area (Å²) in [4.78, 5) is 37.8. The first-order valence-electron chi connectivity index (χ1n) is 11.4. The molecular formula is C25H23ClN4O2S. The second-order valence-electron chi connectivity index (χ2n) is 8.68. The number of halogens is 1. The molecule has 1 aliphatic heterocycles. The van der Waals surface area contributed by atoms with Crippen LogP contribution in [0.4, 0.5) is 5.69 Å². The Kier molecular flexibility index (Phi) is 5.11. The second-order valence-corrected chi connectivity index (χ2v) is 10.2. The number of fused-ring (bicyclic) bond motifs is 4. The van der Waals surface area contributed by atoms with Crippen LogP contribution < -0.4 is 10.5 Å². The summed E-state index contributed by atoms with van der Waals surface area (Å²) in [5, 5.41) is 1.45. The number of nitrogens with zero attached hydrogens (tertiary/aromatic N) is 4. The Bertz CT molecular complexity index is 1450. The van der Waals surface area contributed by atoms with Gasteiger partial charge in [0.2, 0.25) is 0 Å². The Hall–Kier alpha value is -2.90. The monoisotopic (exact) mass is 478 g/mol.